The number of allylic oxidation sites excluding steroid dienone is 12. The number of ether oxygens (including phenoxy) is 3. The van der Waals surface area contributed by atoms with Crippen LogP contribution in [-0.4, -0.2) is 37.2 Å². The lowest BCUT2D eigenvalue weighted by molar-refractivity contribution is -0.167. The zero-order valence-corrected chi connectivity index (χ0v) is 37.8. The second-order valence-corrected chi connectivity index (χ2v) is 15.6. The molecule has 58 heavy (non-hydrogen) atoms. The van der Waals surface area contributed by atoms with E-state index >= 15 is 0 Å². The number of esters is 3. The predicted molar refractivity (Wildman–Crippen MR) is 247 cm³/mol. The van der Waals surface area contributed by atoms with Crippen LogP contribution in [0.5, 0.6) is 0 Å². The molecule has 0 N–H and O–H groups in total. The van der Waals surface area contributed by atoms with Crippen LogP contribution in [-0.2, 0) is 28.6 Å². The first-order chi connectivity index (χ1) is 28.5. The van der Waals surface area contributed by atoms with Gasteiger partial charge >= 0.3 is 17.9 Å². The smallest absolute Gasteiger partial charge is 0.306 e. The van der Waals surface area contributed by atoms with E-state index in [0.29, 0.717) is 19.3 Å². The average molecular weight is 809 g/mol. The number of carbonyl (C=O) groups excluding carboxylic acids is 3. The van der Waals surface area contributed by atoms with Crippen molar-refractivity contribution in [2.75, 3.05) is 13.2 Å². The number of carbonyl (C=O) groups is 3. The maximum Gasteiger partial charge on any atom is 0.306 e. The van der Waals surface area contributed by atoms with E-state index in [9.17, 15) is 14.4 Å². The van der Waals surface area contributed by atoms with E-state index in [-0.39, 0.29) is 31.1 Å². The Bertz CT molecular complexity index is 1110. The van der Waals surface area contributed by atoms with Gasteiger partial charge in [-0.05, 0) is 83.5 Å². The average Bonchev–Trinajstić information content (AvgIpc) is 3.22. The van der Waals surface area contributed by atoms with Gasteiger partial charge in [-0.25, -0.2) is 0 Å². The van der Waals surface area contributed by atoms with Crippen molar-refractivity contribution in [3.63, 3.8) is 0 Å². The molecule has 0 amide bonds. The van der Waals surface area contributed by atoms with Gasteiger partial charge in [-0.2, -0.15) is 0 Å². The van der Waals surface area contributed by atoms with E-state index in [0.717, 1.165) is 116 Å². The van der Waals surface area contributed by atoms with E-state index in [2.05, 4.69) is 93.7 Å². The third kappa shape index (κ3) is 44.0. The maximum atomic E-state index is 12.7. The highest BCUT2D eigenvalue weighted by atomic mass is 16.6. The number of hydrogen-bond donors (Lipinski definition) is 0. The summed E-state index contributed by atoms with van der Waals surface area (Å²) >= 11 is 0. The van der Waals surface area contributed by atoms with Gasteiger partial charge in [0.15, 0.2) is 6.10 Å². The van der Waals surface area contributed by atoms with Crippen molar-refractivity contribution in [3.05, 3.63) is 72.9 Å². The summed E-state index contributed by atoms with van der Waals surface area (Å²) in [5, 5.41) is 0. The summed E-state index contributed by atoms with van der Waals surface area (Å²) in [6.07, 6.45) is 57.4. The minimum absolute atomic E-state index is 0.0914. The van der Waals surface area contributed by atoms with Crippen molar-refractivity contribution < 1.29 is 28.6 Å². The topological polar surface area (TPSA) is 78.9 Å². The van der Waals surface area contributed by atoms with Gasteiger partial charge in [0, 0.05) is 19.3 Å². The summed E-state index contributed by atoms with van der Waals surface area (Å²) in [7, 11) is 0. The Balaban J connectivity index is 4.40. The van der Waals surface area contributed by atoms with Crippen molar-refractivity contribution in [1.82, 2.24) is 0 Å². The summed E-state index contributed by atoms with van der Waals surface area (Å²) < 4.78 is 16.7. The van der Waals surface area contributed by atoms with Gasteiger partial charge in [0.25, 0.3) is 0 Å². The Morgan fingerprint density at radius 3 is 1.14 bits per heavy atom. The summed E-state index contributed by atoms with van der Waals surface area (Å²) in [6, 6.07) is 0. The molecule has 0 aliphatic carbocycles. The quantitative estimate of drug-likeness (QED) is 0.0264. The van der Waals surface area contributed by atoms with Crippen LogP contribution in [0.3, 0.4) is 0 Å². The molecule has 0 aliphatic rings. The highest BCUT2D eigenvalue weighted by molar-refractivity contribution is 5.71. The van der Waals surface area contributed by atoms with E-state index in [4.69, 9.17) is 14.2 Å². The zero-order chi connectivity index (χ0) is 42.3. The molecule has 0 aromatic heterocycles. The lowest BCUT2D eigenvalue weighted by atomic mass is 10.1. The first kappa shape index (κ1) is 54.9. The molecule has 0 bridgehead atoms. The van der Waals surface area contributed by atoms with Crippen molar-refractivity contribution in [2.45, 2.75) is 226 Å². The number of rotatable bonds is 42. The summed E-state index contributed by atoms with van der Waals surface area (Å²) in [5.41, 5.74) is 0. The molecule has 0 aromatic carbocycles. The van der Waals surface area contributed by atoms with E-state index in [1.165, 1.54) is 64.2 Å². The maximum absolute atomic E-state index is 12.7. The predicted octanol–water partition coefficient (Wildman–Crippen LogP) is 15.5. The Hall–Kier alpha value is -3.15. The molecule has 0 aromatic rings. The van der Waals surface area contributed by atoms with E-state index in [1.54, 1.807) is 0 Å². The fourth-order valence-corrected chi connectivity index (χ4v) is 6.33. The van der Waals surface area contributed by atoms with Crippen LogP contribution in [0.15, 0.2) is 72.9 Å². The second kappa shape index (κ2) is 46.5. The van der Waals surface area contributed by atoms with E-state index in [1.807, 2.05) is 0 Å². The van der Waals surface area contributed by atoms with Gasteiger partial charge in [-0.1, -0.05) is 190 Å². The van der Waals surface area contributed by atoms with Gasteiger partial charge in [0.2, 0.25) is 0 Å². The molecule has 1 unspecified atom stereocenters. The van der Waals surface area contributed by atoms with Gasteiger partial charge < -0.3 is 14.2 Å². The molecular weight excluding hydrogens is 721 g/mol. The molecule has 332 valence electrons. The lowest BCUT2D eigenvalue weighted by Gasteiger charge is -2.18. The van der Waals surface area contributed by atoms with Crippen LogP contribution in [0.4, 0.5) is 0 Å². The van der Waals surface area contributed by atoms with Crippen molar-refractivity contribution in [3.8, 4) is 0 Å². The van der Waals surface area contributed by atoms with E-state index < -0.39 is 6.10 Å². The first-order valence-corrected chi connectivity index (χ1v) is 23.9. The minimum Gasteiger partial charge on any atom is -0.462 e. The molecule has 6 nitrogen and oxygen atoms in total. The standard InChI is InChI=1S/C52H88O6/c1-4-7-10-13-16-19-22-23-24-25-26-27-28-29-31-33-36-39-42-45-51(54)57-48-49(47-56-50(53)44-41-38-35-32-21-18-15-12-9-6-3)58-52(55)46-43-40-37-34-30-20-17-14-11-8-5-2/h7,10,15-16,18-19,23-24,26-27,29,31,49H,4-6,8-9,11-14,17,20-22,25,28,30,32-48H2,1-3H3/b10-7-,18-15-,19-16-,24-23-,27-26-,31-29-. The normalized spacial score (nSPS) is 12.7. The van der Waals surface area contributed by atoms with Crippen molar-refractivity contribution in [1.29, 1.82) is 0 Å². The fourth-order valence-electron chi connectivity index (χ4n) is 6.33. The summed E-state index contributed by atoms with van der Waals surface area (Å²) in [4.78, 5) is 37.8. The summed E-state index contributed by atoms with van der Waals surface area (Å²) in [6.45, 7) is 6.42. The molecule has 0 fully saturated rings. The molecular formula is C52H88O6. The zero-order valence-electron chi connectivity index (χ0n) is 37.8. The Morgan fingerprint density at radius 1 is 0.362 bits per heavy atom. The third-order valence-corrected chi connectivity index (χ3v) is 9.95. The number of unbranched alkanes of at least 4 members (excludes halogenated alkanes) is 19. The molecule has 1 atom stereocenters. The molecule has 0 spiro atoms. The molecule has 6 heteroatoms. The van der Waals surface area contributed by atoms with Crippen molar-refractivity contribution in [2.24, 2.45) is 0 Å². The highest BCUT2D eigenvalue weighted by Crippen LogP contribution is 2.14. The molecule has 0 radical (unpaired) electrons. The van der Waals surface area contributed by atoms with Crippen LogP contribution in [0.2, 0.25) is 0 Å². The Morgan fingerprint density at radius 2 is 0.690 bits per heavy atom. The van der Waals surface area contributed by atoms with Crippen LogP contribution in [0, 0.1) is 0 Å². The van der Waals surface area contributed by atoms with Crippen molar-refractivity contribution >= 4 is 17.9 Å². The SMILES string of the molecule is CC/C=C\C/C=C\C/C=C\C/C=C\C/C=C\CCCCCC(=O)OCC(COC(=O)CCCCCC/C=C\CCCC)OC(=O)CCCCCCCCCCCCC. The van der Waals surface area contributed by atoms with Gasteiger partial charge in [-0.3, -0.25) is 14.4 Å². The first-order valence-electron chi connectivity index (χ1n) is 23.9. The molecule has 0 heterocycles. The minimum atomic E-state index is -0.789. The van der Waals surface area contributed by atoms with Crippen LogP contribution < -0.4 is 0 Å². The largest absolute Gasteiger partial charge is 0.462 e. The fraction of sp³-hybridized carbons (Fsp3) is 0.712. The second-order valence-electron chi connectivity index (χ2n) is 15.6. The van der Waals surface area contributed by atoms with Crippen LogP contribution in [0.25, 0.3) is 0 Å². The van der Waals surface area contributed by atoms with Crippen LogP contribution in [0.1, 0.15) is 220 Å². The molecule has 0 saturated heterocycles. The monoisotopic (exact) mass is 809 g/mol. The van der Waals surface area contributed by atoms with Gasteiger partial charge in [-0.15, -0.1) is 0 Å². The highest BCUT2D eigenvalue weighted by Gasteiger charge is 2.19. The lowest BCUT2D eigenvalue weighted by Crippen LogP contribution is -2.30. The summed E-state index contributed by atoms with van der Waals surface area (Å²) in [5.74, 6) is -0.940. The molecule has 0 aliphatic heterocycles. The molecule has 0 saturated carbocycles. The Labute approximate surface area is 357 Å². The van der Waals surface area contributed by atoms with Gasteiger partial charge in [0.1, 0.15) is 13.2 Å². The van der Waals surface area contributed by atoms with Gasteiger partial charge in [0.05, 0.1) is 0 Å². The van der Waals surface area contributed by atoms with Crippen LogP contribution >= 0.6 is 0 Å². The Kier molecular flexibility index (Phi) is 44.0. The third-order valence-electron chi connectivity index (χ3n) is 9.95. The number of hydrogen-bond acceptors (Lipinski definition) is 6. The molecule has 0 rings (SSSR count).